The lowest BCUT2D eigenvalue weighted by Crippen LogP contribution is -2.16. The molecule has 148 valence electrons. The van der Waals surface area contributed by atoms with Gasteiger partial charge in [-0.3, -0.25) is 9.71 Å². The summed E-state index contributed by atoms with van der Waals surface area (Å²) in [4.78, 5) is 4.82. The molecule has 0 saturated heterocycles. The van der Waals surface area contributed by atoms with E-state index < -0.39 is 10.0 Å². The van der Waals surface area contributed by atoms with E-state index in [-0.39, 0.29) is 4.90 Å². The molecule has 0 radical (unpaired) electrons. The second-order valence-electron chi connectivity index (χ2n) is 6.83. The number of fused-ring (bicyclic) bond motifs is 1. The van der Waals surface area contributed by atoms with Gasteiger partial charge in [0.2, 0.25) is 0 Å². The number of anilines is 1. The predicted molar refractivity (Wildman–Crippen MR) is 119 cm³/mol. The summed E-state index contributed by atoms with van der Waals surface area (Å²) in [5.74, 6) is 0. The van der Waals surface area contributed by atoms with Crippen molar-refractivity contribution in [2.24, 2.45) is 4.99 Å². The van der Waals surface area contributed by atoms with E-state index in [0.717, 1.165) is 23.3 Å². The lowest BCUT2D eigenvalue weighted by Gasteiger charge is -2.18. The van der Waals surface area contributed by atoms with Gasteiger partial charge in [0.1, 0.15) is 0 Å². The van der Waals surface area contributed by atoms with Crippen molar-refractivity contribution in [1.29, 1.82) is 0 Å². The van der Waals surface area contributed by atoms with Crippen LogP contribution in [0.1, 0.15) is 22.3 Å². The van der Waals surface area contributed by atoms with Crippen molar-refractivity contribution in [2.45, 2.75) is 18.2 Å². The van der Waals surface area contributed by atoms with E-state index in [2.05, 4.69) is 9.71 Å². The Morgan fingerprint density at radius 3 is 2.62 bits per heavy atom. The molecule has 4 nitrogen and oxygen atoms in total. The van der Waals surface area contributed by atoms with Gasteiger partial charge in [-0.15, -0.1) is 0 Å². The average molecular weight is 445 g/mol. The highest BCUT2D eigenvalue weighted by Gasteiger charge is 2.20. The highest BCUT2D eigenvalue weighted by molar-refractivity contribution is 7.92. The third-order valence-electron chi connectivity index (χ3n) is 4.87. The standard InChI is InChI=1S/C22H18Cl2N2O2S/c1-14-20(24)6-3-7-21(14)29(27,28)26-18-5-2-4-16(12-18)22-19-13-17(23)9-8-15(19)10-11-25-22/h2-9,12-13,26H,10-11H2,1H3. The zero-order valence-electron chi connectivity index (χ0n) is 15.6. The Labute approximate surface area is 180 Å². The Morgan fingerprint density at radius 1 is 1.00 bits per heavy atom. The number of nitrogens with one attached hydrogen (secondary N) is 1. The maximum absolute atomic E-state index is 12.9. The maximum Gasteiger partial charge on any atom is 0.262 e. The van der Waals surface area contributed by atoms with Gasteiger partial charge in [-0.2, -0.15) is 0 Å². The van der Waals surface area contributed by atoms with Gasteiger partial charge in [0.15, 0.2) is 0 Å². The van der Waals surface area contributed by atoms with Crippen molar-refractivity contribution in [3.8, 4) is 0 Å². The maximum atomic E-state index is 12.9. The fourth-order valence-electron chi connectivity index (χ4n) is 3.43. The second kappa shape index (κ2) is 7.82. The van der Waals surface area contributed by atoms with E-state index in [9.17, 15) is 8.42 Å². The van der Waals surface area contributed by atoms with Crippen LogP contribution >= 0.6 is 23.2 Å². The van der Waals surface area contributed by atoms with Crippen molar-refractivity contribution in [3.63, 3.8) is 0 Å². The molecule has 3 aromatic rings. The van der Waals surface area contributed by atoms with E-state index >= 15 is 0 Å². The molecule has 0 fully saturated rings. The van der Waals surface area contributed by atoms with E-state index in [1.54, 1.807) is 37.3 Å². The molecule has 0 atom stereocenters. The average Bonchev–Trinajstić information content (AvgIpc) is 2.69. The molecule has 29 heavy (non-hydrogen) atoms. The summed E-state index contributed by atoms with van der Waals surface area (Å²) in [6.07, 6.45) is 0.858. The van der Waals surface area contributed by atoms with Crippen LogP contribution in [0, 0.1) is 6.92 Å². The zero-order valence-corrected chi connectivity index (χ0v) is 17.9. The molecule has 1 aliphatic rings. The van der Waals surface area contributed by atoms with Gasteiger partial charge in [-0.1, -0.05) is 47.5 Å². The molecule has 0 amide bonds. The van der Waals surface area contributed by atoms with Crippen LogP contribution in [0.25, 0.3) is 0 Å². The van der Waals surface area contributed by atoms with Crippen LogP contribution in [-0.4, -0.2) is 20.7 Å². The van der Waals surface area contributed by atoms with Gasteiger partial charge in [-0.05, 0) is 60.9 Å². The molecular formula is C22H18Cl2N2O2S. The zero-order chi connectivity index (χ0) is 20.6. The van der Waals surface area contributed by atoms with Crippen molar-refractivity contribution >= 4 is 44.6 Å². The Kier molecular flexibility index (Phi) is 5.38. The molecule has 7 heteroatoms. The molecule has 0 aliphatic carbocycles. The Morgan fingerprint density at radius 2 is 1.79 bits per heavy atom. The van der Waals surface area contributed by atoms with Gasteiger partial charge in [0.05, 0.1) is 10.6 Å². The molecule has 0 unspecified atom stereocenters. The molecule has 0 spiro atoms. The van der Waals surface area contributed by atoms with Crippen molar-refractivity contribution < 1.29 is 8.42 Å². The van der Waals surface area contributed by atoms with Crippen molar-refractivity contribution in [2.75, 3.05) is 11.3 Å². The largest absolute Gasteiger partial charge is 0.284 e. The molecule has 0 saturated carbocycles. The summed E-state index contributed by atoms with van der Waals surface area (Å²) >= 11 is 12.3. The SMILES string of the molecule is Cc1c(Cl)cccc1S(=O)(=O)Nc1cccc(C2=NCCc3ccc(Cl)cc32)c1. The number of hydrogen-bond donors (Lipinski definition) is 1. The molecule has 1 N–H and O–H groups in total. The highest BCUT2D eigenvalue weighted by Crippen LogP contribution is 2.27. The first-order chi connectivity index (χ1) is 13.8. The van der Waals surface area contributed by atoms with Crippen LogP contribution in [0.4, 0.5) is 5.69 Å². The van der Waals surface area contributed by atoms with Gasteiger partial charge in [0, 0.05) is 33.4 Å². The monoisotopic (exact) mass is 444 g/mol. The van der Waals surface area contributed by atoms with Crippen LogP contribution in [0.15, 0.2) is 70.6 Å². The summed E-state index contributed by atoms with van der Waals surface area (Å²) in [5.41, 5.74) is 4.77. The van der Waals surface area contributed by atoms with Crippen LogP contribution in [0.5, 0.6) is 0 Å². The normalized spacial score (nSPS) is 13.6. The number of nitrogens with zero attached hydrogens (tertiary/aromatic N) is 1. The van der Waals surface area contributed by atoms with E-state index in [4.69, 9.17) is 23.2 Å². The quantitative estimate of drug-likeness (QED) is 0.577. The first-order valence-corrected chi connectivity index (χ1v) is 11.3. The fraction of sp³-hybridized carbons (Fsp3) is 0.136. The number of sulfonamides is 1. The van der Waals surface area contributed by atoms with Crippen LogP contribution in [0.3, 0.4) is 0 Å². The fourth-order valence-corrected chi connectivity index (χ4v) is 5.15. The minimum atomic E-state index is -3.78. The smallest absolute Gasteiger partial charge is 0.262 e. The van der Waals surface area contributed by atoms with Gasteiger partial charge in [-0.25, -0.2) is 8.42 Å². The van der Waals surface area contributed by atoms with E-state index in [1.807, 2.05) is 24.3 Å². The molecular weight excluding hydrogens is 427 g/mol. The lowest BCUT2D eigenvalue weighted by molar-refractivity contribution is 0.600. The van der Waals surface area contributed by atoms with Crippen LogP contribution < -0.4 is 4.72 Å². The number of halogens is 2. The Hall–Kier alpha value is -2.34. The Balaban J connectivity index is 1.70. The van der Waals surface area contributed by atoms with Gasteiger partial charge in [0.25, 0.3) is 10.0 Å². The number of hydrogen-bond acceptors (Lipinski definition) is 3. The minimum absolute atomic E-state index is 0.155. The number of aliphatic imine (C=N–C) groups is 1. The molecule has 3 aromatic carbocycles. The summed E-state index contributed by atoms with van der Waals surface area (Å²) in [5, 5.41) is 1.05. The van der Waals surface area contributed by atoms with Crippen molar-refractivity contribution in [1.82, 2.24) is 0 Å². The number of rotatable bonds is 4. The van der Waals surface area contributed by atoms with Crippen LogP contribution in [-0.2, 0) is 16.4 Å². The topological polar surface area (TPSA) is 58.5 Å². The van der Waals surface area contributed by atoms with Gasteiger partial charge < -0.3 is 0 Å². The first-order valence-electron chi connectivity index (χ1n) is 9.07. The minimum Gasteiger partial charge on any atom is -0.284 e. The van der Waals surface area contributed by atoms with E-state index in [1.165, 1.54) is 11.6 Å². The molecule has 1 aliphatic heterocycles. The van der Waals surface area contributed by atoms with E-state index in [0.29, 0.717) is 27.8 Å². The number of benzene rings is 3. The molecule has 0 aromatic heterocycles. The summed E-state index contributed by atoms with van der Waals surface area (Å²) in [6.45, 7) is 2.37. The predicted octanol–water partition coefficient (Wildman–Crippen LogP) is 5.50. The van der Waals surface area contributed by atoms with Crippen molar-refractivity contribution in [3.05, 3.63) is 93.0 Å². The van der Waals surface area contributed by atoms with Gasteiger partial charge >= 0.3 is 0 Å². The second-order valence-corrected chi connectivity index (χ2v) is 9.33. The third-order valence-corrected chi connectivity index (χ3v) is 7.04. The Bertz CT molecular complexity index is 1240. The highest BCUT2D eigenvalue weighted by atomic mass is 35.5. The first kappa shape index (κ1) is 20.0. The summed E-state index contributed by atoms with van der Waals surface area (Å²) < 4.78 is 28.4. The van der Waals surface area contributed by atoms with Crippen LogP contribution in [0.2, 0.25) is 10.0 Å². The molecule has 1 heterocycles. The molecule has 4 rings (SSSR count). The summed E-state index contributed by atoms with van der Waals surface area (Å²) in [7, 11) is -3.78. The summed E-state index contributed by atoms with van der Waals surface area (Å²) in [6, 6.07) is 17.8. The molecule has 0 bridgehead atoms. The lowest BCUT2D eigenvalue weighted by atomic mass is 9.93. The third kappa shape index (κ3) is 4.04.